The Morgan fingerprint density at radius 1 is 1.26 bits per heavy atom. The van der Waals surface area contributed by atoms with E-state index in [1.807, 2.05) is 12.1 Å². The van der Waals surface area contributed by atoms with Crippen LogP contribution in [0.15, 0.2) is 29.3 Å². The molecule has 2 saturated heterocycles. The average Bonchev–Trinajstić information content (AvgIpc) is 2.98. The predicted molar refractivity (Wildman–Crippen MR) is 93.1 cm³/mol. The first-order chi connectivity index (χ1) is 11.2. The highest BCUT2D eigenvalue weighted by molar-refractivity contribution is 6.30. The number of guanidine groups is 1. The molecule has 5 unspecified atom stereocenters. The minimum Gasteiger partial charge on any atom is -0.373 e. The van der Waals surface area contributed by atoms with Crippen LogP contribution in [0.1, 0.15) is 44.1 Å². The molecule has 2 aliphatic heterocycles. The van der Waals surface area contributed by atoms with Crippen molar-refractivity contribution in [3.63, 3.8) is 0 Å². The van der Waals surface area contributed by atoms with Crippen LogP contribution in [-0.2, 0) is 4.74 Å². The number of benzene rings is 1. The van der Waals surface area contributed by atoms with Gasteiger partial charge in [-0.05, 0) is 50.3 Å². The average molecular weight is 334 g/mol. The molecule has 4 rings (SSSR count). The van der Waals surface area contributed by atoms with Gasteiger partial charge in [0.2, 0.25) is 0 Å². The first-order valence-corrected chi connectivity index (χ1v) is 9.09. The zero-order valence-corrected chi connectivity index (χ0v) is 14.2. The van der Waals surface area contributed by atoms with Crippen molar-refractivity contribution in [1.29, 1.82) is 0 Å². The van der Waals surface area contributed by atoms with Gasteiger partial charge in [-0.3, -0.25) is 4.99 Å². The molecule has 0 amide bonds. The van der Waals surface area contributed by atoms with Gasteiger partial charge in [0.05, 0.1) is 18.2 Å². The normalized spacial score (nSPS) is 35.4. The fraction of sp³-hybridized carbons (Fsp3) is 0.611. The summed E-state index contributed by atoms with van der Waals surface area (Å²) >= 11 is 6.10. The molecular formula is C18H24ClN3O. The summed E-state index contributed by atoms with van der Waals surface area (Å²) in [6.07, 6.45) is 5.47. The molecule has 0 spiro atoms. The van der Waals surface area contributed by atoms with Crippen LogP contribution in [-0.4, -0.2) is 36.8 Å². The van der Waals surface area contributed by atoms with Crippen molar-refractivity contribution in [2.24, 2.45) is 4.99 Å². The van der Waals surface area contributed by atoms with Gasteiger partial charge < -0.3 is 15.4 Å². The summed E-state index contributed by atoms with van der Waals surface area (Å²) in [6.45, 7) is 2.85. The summed E-state index contributed by atoms with van der Waals surface area (Å²) in [6, 6.07) is 9.05. The van der Waals surface area contributed by atoms with Gasteiger partial charge in [0.25, 0.3) is 0 Å². The highest BCUT2D eigenvalue weighted by Gasteiger charge is 2.43. The Labute approximate surface area is 142 Å². The number of halogens is 1. The molecule has 0 radical (unpaired) electrons. The minimum atomic E-state index is 0.367. The Hall–Kier alpha value is -1.26. The number of ether oxygens (including phenoxy) is 1. The molecule has 0 aromatic heterocycles. The van der Waals surface area contributed by atoms with Gasteiger partial charge in [0, 0.05) is 23.5 Å². The zero-order valence-electron chi connectivity index (χ0n) is 13.5. The van der Waals surface area contributed by atoms with Crippen molar-refractivity contribution in [1.82, 2.24) is 10.6 Å². The summed E-state index contributed by atoms with van der Waals surface area (Å²) in [4.78, 5) is 4.61. The molecule has 1 aliphatic carbocycles. The van der Waals surface area contributed by atoms with Crippen molar-refractivity contribution in [2.75, 3.05) is 6.54 Å². The Kier molecular flexibility index (Phi) is 4.20. The number of nitrogens with one attached hydrogen (secondary N) is 2. The van der Waals surface area contributed by atoms with Gasteiger partial charge in [-0.2, -0.15) is 0 Å². The largest absolute Gasteiger partial charge is 0.373 e. The van der Waals surface area contributed by atoms with Gasteiger partial charge >= 0.3 is 0 Å². The molecule has 3 fully saturated rings. The number of hydrogen-bond donors (Lipinski definition) is 2. The van der Waals surface area contributed by atoms with Gasteiger partial charge in [0.1, 0.15) is 0 Å². The maximum Gasteiger partial charge on any atom is 0.191 e. The van der Waals surface area contributed by atoms with Crippen LogP contribution < -0.4 is 10.6 Å². The molecule has 5 heteroatoms. The van der Waals surface area contributed by atoms with Crippen LogP contribution in [0.3, 0.4) is 0 Å². The van der Waals surface area contributed by atoms with Gasteiger partial charge in [-0.1, -0.05) is 23.7 Å². The van der Waals surface area contributed by atoms with E-state index in [1.165, 1.54) is 18.4 Å². The van der Waals surface area contributed by atoms with Gasteiger partial charge in [-0.25, -0.2) is 0 Å². The molecule has 3 aliphatic rings. The van der Waals surface area contributed by atoms with Crippen LogP contribution in [0, 0.1) is 0 Å². The van der Waals surface area contributed by atoms with E-state index in [4.69, 9.17) is 16.3 Å². The van der Waals surface area contributed by atoms with E-state index in [2.05, 4.69) is 34.7 Å². The Morgan fingerprint density at radius 3 is 2.83 bits per heavy atom. The second-order valence-corrected chi connectivity index (χ2v) is 7.27. The number of rotatable bonds is 4. The number of hydrogen-bond acceptors (Lipinski definition) is 2. The maximum absolute atomic E-state index is 6.10. The SMILES string of the molecule is CCN=C(NC1CC2CCC1O2)NC1CC1c1cccc(Cl)c1. The fourth-order valence-electron chi connectivity index (χ4n) is 3.89. The summed E-state index contributed by atoms with van der Waals surface area (Å²) in [5, 5.41) is 7.99. The topological polar surface area (TPSA) is 45.7 Å². The summed E-state index contributed by atoms with van der Waals surface area (Å²) < 4.78 is 5.93. The predicted octanol–water partition coefficient (Wildman–Crippen LogP) is 3.07. The molecule has 2 N–H and O–H groups in total. The molecule has 1 saturated carbocycles. The molecule has 1 aromatic carbocycles. The third kappa shape index (κ3) is 3.33. The van der Waals surface area contributed by atoms with Gasteiger partial charge in [-0.15, -0.1) is 0 Å². The van der Waals surface area contributed by atoms with E-state index in [0.29, 0.717) is 30.2 Å². The van der Waals surface area contributed by atoms with Crippen LogP contribution >= 0.6 is 11.6 Å². The Bertz CT molecular complexity index is 606. The third-order valence-corrected chi connectivity index (χ3v) is 5.37. The van der Waals surface area contributed by atoms with E-state index in [1.54, 1.807) is 0 Å². The van der Waals surface area contributed by atoms with E-state index >= 15 is 0 Å². The molecule has 5 atom stereocenters. The third-order valence-electron chi connectivity index (χ3n) is 5.13. The lowest BCUT2D eigenvalue weighted by Gasteiger charge is -2.23. The second-order valence-electron chi connectivity index (χ2n) is 6.83. The van der Waals surface area contributed by atoms with Crippen molar-refractivity contribution in [3.8, 4) is 0 Å². The Morgan fingerprint density at radius 2 is 2.13 bits per heavy atom. The molecule has 1 aromatic rings. The minimum absolute atomic E-state index is 0.367. The van der Waals surface area contributed by atoms with Crippen LogP contribution in [0.25, 0.3) is 0 Å². The lowest BCUT2D eigenvalue weighted by atomic mass is 9.96. The van der Waals surface area contributed by atoms with E-state index in [9.17, 15) is 0 Å². The quantitative estimate of drug-likeness (QED) is 0.657. The van der Waals surface area contributed by atoms with Crippen molar-refractivity contribution >= 4 is 17.6 Å². The smallest absolute Gasteiger partial charge is 0.191 e. The lowest BCUT2D eigenvalue weighted by Crippen LogP contribution is -2.48. The highest BCUT2D eigenvalue weighted by Crippen LogP contribution is 2.41. The monoisotopic (exact) mass is 333 g/mol. The van der Waals surface area contributed by atoms with Crippen molar-refractivity contribution in [3.05, 3.63) is 34.9 Å². The van der Waals surface area contributed by atoms with E-state index < -0.39 is 0 Å². The molecule has 2 heterocycles. The standard InChI is InChI=1S/C18H24ClN3O/c1-2-20-18(22-16-9-13-6-7-17(16)23-13)21-15-10-14(15)11-4-3-5-12(19)8-11/h3-5,8,13-17H,2,6-7,9-10H2,1H3,(H2,20,21,22). The second kappa shape index (κ2) is 6.33. The first kappa shape index (κ1) is 15.3. The number of aliphatic imine (C=N–C) groups is 1. The van der Waals surface area contributed by atoms with Crippen LogP contribution in [0.2, 0.25) is 5.02 Å². The lowest BCUT2D eigenvalue weighted by molar-refractivity contribution is 0.0992. The number of nitrogens with zero attached hydrogens (tertiary/aromatic N) is 1. The summed E-state index contributed by atoms with van der Waals surface area (Å²) in [7, 11) is 0. The first-order valence-electron chi connectivity index (χ1n) is 8.71. The highest BCUT2D eigenvalue weighted by atomic mass is 35.5. The molecule has 2 bridgehead atoms. The summed E-state index contributed by atoms with van der Waals surface area (Å²) in [5.41, 5.74) is 1.31. The van der Waals surface area contributed by atoms with E-state index in [-0.39, 0.29) is 0 Å². The van der Waals surface area contributed by atoms with E-state index in [0.717, 1.165) is 30.4 Å². The summed E-state index contributed by atoms with van der Waals surface area (Å²) in [5.74, 6) is 1.47. The molecule has 4 nitrogen and oxygen atoms in total. The Balaban J connectivity index is 1.35. The van der Waals surface area contributed by atoms with Crippen LogP contribution in [0.4, 0.5) is 0 Å². The zero-order chi connectivity index (χ0) is 15.8. The maximum atomic E-state index is 6.10. The number of fused-ring (bicyclic) bond motifs is 2. The fourth-order valence-corrected chi connectivity index (χ4v) is 4.09. The molecular weight excluding hydrogens is 310 g/mol. The van der Waals surface area contributed by atoms with Crippen LogP contribution in [0.5, 0.6) is 0 Å². The molecule has 23 heavy (non-hydrogen) atoms. The van der Waals surface area contributed by atoms with Crippen molar-refractivity contribution < 1.29 is 4.74 Å². The van der Waals surface area contributed by atoms with Crippen molar-refractivity contribution in [2.45, 2.75) is 62.8 Å². The molecule has 124 valence electrons. The van der Waals surface area contributed by atoms with Gasteiger partial charge in [0.15, 0.2) is 5.96 Å².